The molecule has 3 aromatic rings. The highest BCUT2D eigenvalue weighted by Crippen LogP contribution is 2.32. The first-order valence-corrected chi connectivity index (χ1v) is 12.7. The molecule has 1 N–H and O–H groups in total. The van der Waals surface area contributed by atoms with Gasteiger partial charge in [0.05, 0.1) is 11.0 Å². The zero-order valence-corrected chi connectivity index (χ0v) is 19.4. The lowest BCUT2D eigenvalue weighted by atomic mass is 9.88. The first-order valence-electron chi connectivity index (χ1n) is 12.7. The smallest absolute Gasteiger partial charge is 0.243 e. The number of carbonyl (C=O) groups excluding carboxylic acids is 1. The molecule has 1 amide bonds. The summed E-state index contributed by atoms with van der Waals surface area (Å²) in [5, 5.41) is 11.2. The van der Waals surface area contributed by atoms with Crippen molar-refractivity contribution >= 4 is 16.9 Å². The molecule has 33 heavy (non-hydrogen) atoms. The second kappa shape index (κ2) is 10.1. The minimum absolute atomic E-state index is 0.179. The van der Waals surface area contributed by atoms with Crippen LogP contribution in [0.2, 0.25) is 0 Å². The molecule has 1 atom stereocenters. The highest BCUT2D eigenvalue weighted by atomic mass is 16.3. The maximum absolute atomic E-state index is 14.0. The van der Waals surface area contributed by atoms with Gasteiger partial charge >= 0.3 is 0 Å². The number of fused-ring (bicyclic) bond motifs is 1. The standard InChI is InChI=1S/C28H35N3O2/c32-26(31(22-14-6-2-7-15-22)23-16-8-3-9-17-23)20-30-25-19-11-10-18-24(25)29-28(30)27(33)21-12-4-1-5-13-21/h1,4-5,10-13,18-19,22-23,27,33H,2-3,6-9,14-17,20H2. The van der Waals surface area contributed by atoms with Gasteiger partial charge in [0.15, 0.2) is 0 Å². The predicted octanol–water partition coefficient (Wildman–Crippen LogP) is 5.61. The van der Waals surface area contributed by atoms with Crippen molar-refractivity contribution in [2.75, 3.05) is 0 Å². The van der Waals surface area contributed by atoms with Crippen molar-refractivity contribution in [3.8, 4) is 0 Å². The number of imidazole rings is 1. The van der Waals surface area contributed by atoms with Gasteiger partial charge in [0.1, 0.15) is 18.5 Å². The van der Waals surface area contributed by atoms with Gasteiger partial charge in [-0.2, -0.15) is 0 Å². The molecule has 0 spiro atoms. The minimum atomic E-state index is -0.871. The fourth-order valence-corrected chi connectivity index (χ4v) is 5.89. The Morgan fingerprint density at radius 3 is 2.09 bits per heavy atom. The molecule has 1 unspecified atom stereocenters. The van der Waals surface area contributed by atoms with Crippen molar-refractivity contribution in [2.45, 2.75) is 88.9 Å². The van der Waals surface area contributed by atoms with Crippen LogP contribution in [-0.4, -0.2) is 37.5 Å². The van der Waals surface area contributed by atoms with Gasteiger partial charge in [-0.3, -0.25) is 4.79 Å². The van der Waals surface area contributed by atoms with E-state index in [1.54, 1.807) is 0 Å². The van der Waals surface area contributed by atoms with Gasteiger partial charge in [-0.05, 0) is 43.4 Å². The summed E-state index contributed by atoms with van der Waals surface area (Å²) in [5.41, 5.74) is 2.51. The maximum Gasteiger partial charge on any atom is 0.243 e. The van der Waals surface area contributed by atoms with E-state index in [1.165, 1.54) is 38.5 Å². The van der Waals surface area contributed by atoms with E-state index in [9.17, 15) is 9.90 Å². The molecule has 5 rings (SSSR count). The summed E-state index contributed by atoms with van der Waals surface area (Å²) in [6.07, 6.45) is 11.0. The number of hydrogen-bond donors (Lipinski definition) is 1. The Morgan fingerprint density at radius 1 is 0.879 bits per heavy atom. The van der Waals surface area contributed by atoms with Crippen LogP contribution in [0, 0.1) is 0 Å². The Bertz CT molecular complexity index is 1050. The molecule has 0 radical (unpaired) electrons. The van der Waals surface area contributed by atoms with Crippen LogP contribution >= 0.6 is 0 Å². The average Bonchev–Trinajstić information content (AvgIpc) is 3.24. The number of aromatic nitrogens is 2. The second-order valence-electron chi connectivity index (χ2n) is 9.74. The Labute approximate surface area is 196 Å². The van der Waals surface area contributed by atoms with Gasteiger partial charge < -0.3 is 14.6 Å². The monoisotopic (exact) mass is 445 g/mol. The zero-order chi connectivity index (χ0) is 22.6. The lowest BCUT2D eigenvalue weighted by Crippen LogP contribution is -2.50. The number of rotatable bonds is 6. The fourth-order valence-electron chi connectivity index (χ4n) is 5.89. The molecule has 2 aliphatic rings. The number of carbonyl (C=O) groups is 1. The molecule has 0 saturated heterocycles. The van der Waals surface area contributed by atoms with E-state index in [2.05, 4.69) is 4.90 Å². The molecule has 0 bridgehead atoms. The molecular formula is C28H35N3O2. The van der Waals surface area contributed by atoms with Crippen molar-refractivity contribution in [3.05, 3.63) is 66.0 Å². The summed E-state index contributed by atoms with van der Waals surface area (Å²) in [4.78, 5) is 21.0. The summed E-state index contributed by atoms with van der Waals surface area (Å²) >= 11 is 0. The van der Waals surface area contributed by atoms with E-state index in [-0.39, 0.29) is 12.5 Å². The van der Waals surface area contributed by atoms with Gasteiger partial charge in [0.25, 0.3) is 0 Å². The van der Waals surface area contributed by atoms with Crippen LogP contribution in [0.5, 0.6) is 0 Å². The third-order valence-corrected chi connectivity index (χ3v) is 7.56. The molecule has 5 nitrogen and oxygen atoms in total. The Balaban J connectivity index is 1.49. The van der Waals surface area contributed by atoms with Crippen molar-refractivity contribution in [2.24, 2.45) is 0 Å². The molecular weight excluding hydrogens is 410 g/mol. The zero-order valence-electron chi connectivity index (χ0n) is 19.4. The van der Waals surface area contributed by atoms with Crippen LogP contribution in [0.4, 0.5) is 0 Å². The van der Waals surface area contributed by atoms with Crippen molar-refractivity contribution < 1.29 is 9.90 Å². The average molecular weight is 446 g/mol. The fraction of sp³-hybridized carbons (Fsp3) is 0.500. The highest BCUT2D eigenvalue weighted by Gasteiger charge is 2.33. The quantitative estimate of drug-likeness (QED) is 0.536. The van der Waals surface area contributed by atoms with Crippen molar-refractivity contribution in [1.29, 1.82) is 0 Å². The van der Waals surface area contributed by atoms with Crippen molar-refractivity contribution in [1.82, 2.24) is 14.5 Å². The predicted molar refractivity (Wildman–Crippen MR) is 131 cm³/mol. The van der Waals surface area contributed by atoms with Crippen LogP contribution in [0.25, 0.3) is 11.0 Å². The van der Waals surface area contributed by atoms with E-state index >= 15 is 0 Å². The SMILES string of the molecule is O=C(Cn1c(C(O)c2ccccc2)nc2ccccc21)N(C1CCCCC1)C1CCCCC1. The van der Waals surface area contributed by atoms with Crippen LogP contribution in [-0.2, 0) is 11.3 Å². The lowest BCUT2D eigenvalue weighted by molar-refractivity contribution is -0.138. The van der Waals surface area contributed by atoms with Gasteiger partial charge in [-0.15, -0.1) is 0 Å². The minimum Gasteiger partial charge on any atom is -0.380 e. The van der Waals surface area contributed by atoms with E-state index in [0.29, 0.717) is 17.9 Å². The molecule has 2 fully saturated rings. The van der Waals surface area contributed by atoms with Gasteiger partial charge in [0, 0.05) is 12.1 Å². The number of amides is 1. The summed E-state index contributed by atoms with van der Waals surface area (Å²) < 4.78 is 1.95. The highest BCUT2D eigenvalue weighted by molar-refractivity contribution is 5.81. The number of nitrogens with zero attached hydrogens (tertiary/aromatic N) is 3. The third-order valence-electron chi connectivity index (χ3n) is 7.56. The molecule has 174 valence electrons. The molecule has 2 saturated carbocycles. The molecule has 1 heterocycles. The largest absolute Gasteiger partial charge is 0.380 e. The topological polar surface area (TPSA) is 58.4 Å². The van der Waals surface area contributed by atoms with Crippen LogP contribution in [0.1, 0.15) is 81.7 Å². The first kappa shape index (κ1) is 22.1. The number of benzene rings is 2. The third kappa shape index (κ3) is 4.70. The Hall–Kier alpha value is -2.66. The summed E-state index contributed by atoms with van der Waals surface area (Å²) in [5.74, 6) is 0.724. The Kier molecular flexibility index (Phi) is 6.77. The van der Waals surface area contributed by atoms with Crippen molar-refractivity contribution in [3.63, 3.8) is 0 Å². The van der Waals surface area contributed by atoms with Crippen LogP contribution < -0.4 is 0 Å². The summed E-state index contributed by atoms with van der Waals surface area (Å²) in [6, 6.07) is 18.2. The van der Waals surface area contributed by atoms with Gasteiger partial charge in [-0.25, -0.2) is 4.98 Å². The van der Waals surface area contributed by atoms with E-state index in [0.717, 1.165) is 42.3 Å². The molecule has 1 aromatic heterocycles. The van der Waals surface area contributed by atoms with E-state index in [1.807, 2.05) is 59.2 Å². The number of aliphatic hydroxyl groups excluding tert-OH is 1. The van der Waals surface area contributed by atoms with Crippen LogP contribution in [0.15, 0.2) is 54.6 Å². The molecule has 5 heteroatoms. The number of aliphatic hydroxyl groups is 1. The van der Waals surface area contributed by atoms with E-state index in [4.69, 9.17) is 4.98 Å². The van der Waals surface area contributed by atoms with Crippen LogP contribution in [0.3, 0.4) is 0 Å². The normalized spacial score (nSPS) is 18.9. The number of hydrogen-bond acceptors (Lipinski definition) is 3. The van der Waals surface area contributed by atoms with Gasteiger partial charge in [-0.1, -0.05) is 81.0 Å². The second-order valence-corrected chi connectivity index (χ2v) is 9.74. The first-order chi connectivity index (χ1) is 16.2. The maximum atomic E-state index is 14.0. The summed E-state index contributed by atoms with van der Waals surface area (Å²) in [7, 11) is 0. The molecule has 0 aliphatic heterocycles. The Morgan fingerprint density at radius 2 is 1.45 bits per heavy atom. The molecule has 2 aliphatic carbocycles. The molecule has 2 aromatic carbocycles. The van der Waals surface area contributed by atoms with Gasteiger partial charge in [0.2, 0.25) is 5.91 Å². The van der Waals surface area contributed by atoms with E-state index < -0.39 is 6.10 Å². The lowest BCUT2D eigenvalue weighted by Gasteiger charge is -2.42. The summed E-state index contributed by atoms with van der Waals surface area (Å²) in [6.45, 7) is 0.229. The number of para-hydroxylation sites is 2.